The van der Waals surface area contributed by atoms with Gasteiger partial charge in [-0.15, -0.1) is 0 Å². The highest BCUT2D eigenvalue weighted by Crippen LogP contribution is 2.34. The fraction of sp³-hybridized carbons (Fsp3) is 0.167. The number of nitrogens with two attached hydrogens (primary N) is 2. The maximum atomic E-state index is 12.3. The molecule has 1 aromatic heterocycles. The van der Waals surface area contributed by atoms with Crippen molar-refractivity contribution in [2.24, 2.45) is 0 Å². The number of hydrogen-bond donors (Lipinski definition) is 2. The maximum absolute atomic E-state index is 12.3. The maximum Gasteiger partial charge on any atom is 0.374 e. The zero-order valence-electron chi connectivity index (χ0n) is 6.78. The molecule has 0 amide bonds. The number of nitro groups is 1. The topological polar surface area (TPSA) is 108 Å². The lowest BCUT2D eigenvalue weighted by molar-refractivity contribution is -0.390. The van der Waals surface area contributed by atoms with Crippen LogP contribution in [0, 0.1) is 10.1 Å². The molecule has 0 fully saturated rings. The Morgan fingerprint density at radius 1 is 1.50 bits per heavy atom. The average molecular weight is 204 g/mol. The summed E-state index contributed by atoms with van der Waals surface area (Å²) in [5.41, 5.74) is 8.72. The van der Waals surface area contributed by atoms with E-state index in [1.54, 1.807) is 0 Å². The number of pyridine rings is 1. The Hall–Kier alpha value is -1.99. The molecule has 0 aliphatic heterocycles. The molecule has 0 atom stereocenters. The van der Waals surface area contributed by atoms with Gasteiger partial charge in [-0.3, -0.25) is 0 Å². The van der Waals surface area contributed by atoms with Gasteiger partial charge < -0.3 is 21.6 Å². The molecule has 8 heteroatoms. The molecule has 0 saturated carbocycles. The summed E-state index contributed by atoms with van der Waals surface area (Å²) >= 11 is 0. The fourth-order valence-electron chi connectivity index (χ4n) is 0.906. The van der Waals surface area contributed by atoms with Crippen LogP contribution in [0.1, 0.15) is 12.0 Å². The smallest absolute Gasteiger partial charge is 0.374 e. The lowest BCUT2D eigenvalue weighted by atomic mass is 10.2. The van der Waals surface area contributed by atoms with Gasteiger partial charge in [0.1, 0.15) is 11.3 Å². The third kappa shape index (κ3) is 1.53. The molecule has 0 aliphatic carbocycles. The van der Waals surface area contributed by atoms with Crippen molar-refractivity contribution >= 4 is 17.2 Å². The summed E-state index contributed by atoms with van der Waals surface area (Å²) in [6.45, 7) is 0. The van der Waals surface area contributed by atoms with Crippen LogP contribution in [-0.4, -0.2) is 9.91 Å². The molecule has 14 heavy (non-hydrogen) atoms. The predicted molar refractivity (Wildman–Crippen MR) is 44.7 cm³/mol. The van der Waals surface area contributed by atoms with Crippen LogP contribution in [0.4, 0.5) is 26.0 Å². The molecule has 4 N–H and O–H groups in total. The lowest BCUT2D eigenvalue weighted by Gasteiger charge is -2.05. The number of rotatable bonds is 2. The molecule has 0 aliphatic rings. The Bertz CT molecular complexity index is 382. The molecule has 0 unspecified atom stereocenters. The van der Waals surface area contributed by atoms with E-state index in [0.717, 1.165) is 6.20 Å². The first-order valence-electron chi connectivity index (χ1n) is 3.41. The molecular formula is C6H6F2N4O2. The SMILES string of the molecule is Nc1cnc([N+](=O)[O-])c(C(F)F)c1N. The van der Waals surface area contributed by atoms with Crippen LogP contribution in [-0.2, 0) is 0 Å². The minimum Gasteiger partial charge on any atom is -0.396 e. The Morgan fingerprint density at radius 3 is 2.50 bits per heavy atom. The van der Waals surface area contributed by atoms with E-state index in [4.69, 9.17) is 11.5 Å². The van der Waals surface area contributed by atoms with Crippen molar-refractivity contribution in [1.29, 1.82) is 0 Å². The number of anilines is 2. The van der Waals surface area contributed by atoms with E-state index < -0.39 is 28.4 Å². The molecule has 76 valence electrons. The number of nitrogens with zero attached hydrogens (tertiary/aromatic N) is 2. The van der Waals surface area contributed by atoms with Gasteiger partial charge in [-0.2, -0.15) is 0 Å². The Labute approximate surface area is 76.7 Å². The summed E-state index contributed by atoms with van der Waals surface area (Å²) in [6, 6.07) is 0. The van der Waals surface area contributed by atoms with E-state index >= 15 is 0 Å². The largest absolute Gasteiger partial charge is 0.396 e. The van der Waals surface area contributed by atoms with E-state index in [0.29, 0.717) is 0 Å². The molecule has 0 aromatic carbocycles. The summed E-state index contributed by atoms with van der Waals surface area (Å²) in [6.07, 6.45) is -2.20. The molecular weight excluding hydrogens is 198 g/mol. The second kappa shape index (κ2) is 3.40. The van der Waals surface area contributed by atoms with Crippen LogP contribution < -0.4 is 11.5 Å². The van der Waals surface area contributed by atoms with Crippen molar-refractivity contribution in [2.75, 3.05) is 11.5 Å². The van der Waals surface area contributed by atoms with E-state index in [-0.39, 0.29) is 5.69 Å². The first-order chi connectivity index (χ1) is 6.45. The second-order valence-electron chi connectivity index (χ2n) is 2.42. The zero-order chi connectivity index (χ0) is 10.9. The quantitative estimate of drug-likeness (QED) is 0.553. The summed E-state index contributed by atoms with van der Waals surface area (Å²) < 4.78 is 24.7. The van der Waals surface area contributed by atoms with Gasteiger partial charge >= 0.3 is 5.82 Å². The first kappa shape index (κ1) is 10.1. The number of aromatic nitrogens is 1. The molecule has 0 radical (unpaired) electrons. The highest BCUT2D eigenvalue weighted by atomic mass is 19.3. The standard InChI is InChI=1S/C6H6F2N4O2/c7-5(8)3-4(10)2(9)1-11-6(3)12(13)14/h1,5H,9H2,(H2,10,11). The lowest BCUT2D eigenvalue weighted by Crippen LogP contribution is -2.06. The van der Waals surface area contributed by atoms with Crippen LogP contribution >= 0.6 is 0 Å². The monoisotopic (exact) mass is 204 g/mol. The summed E-state index contributed by atoms with van der Waals surface area (Å²) in [7, 11) is 0. The van der Waals surface area contributed by atoms with E-state index in [2.05, 4.69) is 4.98 Å². The molecule has 1 aromatic rings. The van der Waals surface area contributed by atoms with E-state index in [9.17, 15) is 18.9 Å². The van der Waals surface area contributed by atoms with Crippen molar-refractivity contribution < 1.29 is 13.7 Å². The van der Waals surface area contributed by atoms with Crippen LogP contribution in [0.15, 0.2) is 6.20 Å². The Morgan fingerprint density at radius 2 is 2.07 bits per heavy atom. The third-order valence-electron chi connectivity index (χ3n) is 1.56. The average Bonchev–Trinajstić information content (AvgIpc) is 2.08. The van der Waals surface area contributed by atoms with Gasteiger partial charge in [-0.25, -0.2) is 8.78 Å². The number of alkyl halides is 2. The van der Waals surface area contributed by atoms with Gasteiger partial charge in [0.2, 0.25) is 0 Å². The van der Waals surface area contributed by atoms with Crippen LogP contribution in [0.25, 0.3) is 0 Å². The van der Waals surface area contributed by atoms with Gasteiger partial charge in [0, 0.05) is 0 Å². The van der Waals surface area contributed by atoms with E-state index in [1.807, 2.05) is 0 Å². The van der Waals surface area contributed by atoms with Crippen molar-refractivity contribution in [1.82, 2.24) is 4.98 Å². The molecule has 6 nitrogen and oxygen atoms in total. The second-order valence-corrected chi connectivity index (χ2v) is 2.42. The Balaban J connectivity index is 3.45. The van der Waals surface area contributed by atoms with Crippen LogP contribution in [0.2, 0.25) is 0 Å². The minimum absolute atomic E-state index is 0.203. The van der Waals surface area contributed by atoms with Crippen molar-refractivity contribution in [3.63, 3.8) is 0 Å². The highest BCUT2D eigenvalue weighted by molar-refractivity contribution is 5.70. The highest BCUT2D eigenvalue weighted by Gasteiger charge is 2.27. The normalized spacial score (nSPS) is 10.5. The summed E-state index contributed by atoms with van der Waals surface area (Å²) in [5, 5.41) is 10.3. The molecule has 1 rings (SSSR count). The number of nitrogen functional groups attached to an aromatic ring is 2. The van der Waals surface area contributed by atoms with Crippen molar-refractivity contribution in [3.8, 4) is 0 Å². The number of halogens is 2. The minimum atomic E-state index is -3.08. The van der Waals surface area contributed by atoms with Gasteiger partial charge in [-0.1, -0.05) is 0 Å². The van der Waals surface area contributed by atoms with Gasteiger partial charge in [-0.05, 0) is 9.91 Å². The van der Waals surface area contributed by atoms with Crippen molar-refractivity contribution in [3.05, 3.63) is 21.9 Å². The van der Waals surface area contributed by atoms with E-state index in [1.165, 1.54) is 0 Å². The number of hydrogen-bond acceptors (Lipinski definition) is 5. The molecule has 0 saturated heterocycles. The molecule has 0 bridgehead atoms. The van der Waals surface area contributed by atoms with Crippen LogP contribution in [0.5, 0.6) is 0 Å². The summed E-state index contributed by atoms with van der Waals surface area (Å²) in [4.78, 5) is 12.4. The summed E-state index contributed by atoms with van der Waals surface area (Å²) in [5.74, 6) is -0.966. The van der Waals surface area contributed by atoms with Gasteiger partial charge in [0.15, 0.2) is 6.20 Å². The van der Waals surface area contributed by atoms with Crippen molar-refractivity contribution in [2.45, 2.75) is 6.43 Å². The van der Waals surface area contributed by atoms with Gasteiger partial charge in [0.25, 0.3) is 6.43 Å². The predicted octanol–water partition coefficient (Wildman–Crippen LogP) is 1.09. The Kier molecular flexibility index (Phi) is 2.45. The van der Waals surface area contributed by atoms with Crippen LogP contribution in [0.3, 0.4) is 0 Å². The third-order valence-corrected chi connectivity index (χ3v) is 1.56. The fourth-order valence-corrected chi connectivity index (χ4v) is 0.906. The zero-order valence-corrected chi connectivity index (χ0v) is 6.78. The first-order valence-corrected chi connectivity index (χ1v) is 3.41. The molecule has 1 heterocycles. The molecule has 0 spiro atoms. The van der Waals surface area contributed by atoms with Gasteiger partial charge in [0.05, 0.1) is 5.69 Å².